The molecule has 1 saturated heterocycles. The predicted molar refractivity (Wildman–Crippen MR) is 111 cm³/mol. The van der Waals surface area contributed by atoms with Gasteiger partial charge < -0.3 is 9.47 Å². The van der Waals surface area contributed by atoms with Gasteiger partial charge in [-0.25, -0.2) is 9.79 Å². The van der Waals surface area contributed by atoms with Gasteiger partial charge in [0.25, 0.3) is 5.91 Å². The number of hydrogen-bond acceptors (Lipinski definition) is 6. The minimum atomic E-state index is -0.401. The summed E-state index contributed by atoms with van der Waals surface area (Å²) >= 11 is 1.31. The zero-order valence-corrected chi connectivity index (χ0v) is 16.9. The molecular formula is C21H20N2O4S. The first-order valence-corrected chi connectivity index (χ1v) is 9.34. The molecule has 3 rings (SSSR count). The quantitative estimate of drug-likeness (QED) is 0.577. The molecule has 0 saturated carbocycles. The molecule has 0 unspecified atom stereocenters. The molecule has 28 heavy (non-hydrogen) atoms. The minimum Gasteiger partial charge on any atom is -0.497 e. The minimum absolute atomic E-state index is 0.106. The zero-order valence-electron chi connectivity index (χ0n) is 16.1. The van der Waals surface area contributed by atoms with Gasteiger partial charge in [0.15, 0.2) is 5.17 Å². The van der Waals surface area contributed by atoms with Gasteiger partial charge in [0, 0.05) is 7.05 Å². The summed E-state index contributed by atoms with van der Waals surface area (Å²) in [5.74, 6) is 0.270. The Kier molecular flexibility index (Phi) is 5.84. The van der Waals surface area contributed by atoms with Crippen LogP contribution >= 0.6 is 11.8 Å². The van der Waals surface area contributed by atoms with Crippen molar-refractivity contribution in [3.05, 3.63) is 64.1 Å². The lowest BCUT2D eigenvalue weighted by Gasteiger charge is -2.07. The van der Waals surface area contributed by atoms with E-state index in [1.165, 1.54) is 23.8 Å². The van der Waals surface area contributed by atoms with Crippen LogP contribution in [0.2, 0.25) is 0 Å². The Morgan fingerprint density at radius 3 is 2.46 bits per heavy atom. The van der Waals surface area contributed by atoms with E-state index in [1.807, 2.05) is 31.2 Å². The van der Waals surface area contributed by atoms with Crippen LogP contribution in [0.1, 0.15) is 21.5 Å². The number of hydrogen-bond donors (Lipinski definition) is 0. The smallest absolute Gasteiger partial charge is 0.337 e. The van der Waals surface area contributed by atoms with Crippen molar-refractivity contribution in [3.8, 4) is 5.75 Å². The first-order chi connectivity index (χ1) is 13.4. The van der Waals surface area contributed by atoms with Gasteiger partial charge in [-0.2, -0.15) is 0 Å². The molecule has 0 spiro atoms. The van der Waals surface area contributed by atoms with E-state index < -0.39 is 5.97 Å². The van der Waals surface area contributed by atoms with E-state index in [2.05, 4.69) is 9.73 Å². The second kappa shape index (κ2) is 8.31. The topological polar surface area (TPSA) is 68.2 Å². The second-order valence-corrected chi connectivity index (χ2v) is 7.14. The first-order valence-electron chi connectivity index (χ1n) is 8.52. The average molecular weight is 396 g/mol. The van der Waals surface area contributed by atoms with E-state index in [0.29, 0.717) is 21.3 Å². The van der Waals surface area contributed by atoms with Gasteiger partial charge in [-0.15, -0.1) is 0 Å². The number of aliphatic imine (C=N–C) groups is 1. The van der Waals surface area contributed by atoms with Crippen molar-refractivity contribution in [2.45, 2.75) is 6.92 Å². The summed E-state index contributed by atoms with van der Waals surface area (Å²) in [6.07, 6.45) is 1.86. The number of thioether (sulfide) groups is 1. The van der Waals surface area contributed by atoms with Crippen LogP contribution in [0.3, 0.4) is 0 Å². The number of benzene rings is 2. The number of likely N-dealkylation sites (N-methyl/N-ethyl adjacent to an activating group) is 1. The van der Waals surface area contributed by atoms with Gasteiger partial charge in [0.05, 0.1) is 30.4 Å². The van der Waals surface area contributed by atoms with E-state index in [-0.39, 0.29) is 5.91 Å². The molecule has 0 aromatic heterocycles. The van der Waals surface area contributed by atoms with E-state index in [4.69, 9.17) is 4.74 Å². The molecule has 2 aromatic rings. The van der Waals surface area contributed by atoms with E-state index in [0.717, 1.165) is 16.9 Å². The first kappa shape index (κ1) is 19.7. The summed E-state index contributed by atoms with van der Waals surface area (Å²) in [5.41, 5.74) is 3.07. The lowest BCUT2D eigenvalue weighted by molar-refractivity contribution is -0.121. The molecule has 6 nitrogen and oxygen atoms in total. The lowest BCUT2D eigenvalue weighted by atomic mass is 10.1. The number of nitrogens with zero attached hydrogens (tertiary/aromatic N) is 2. The van der Waals surface area contributed by atoms with Crippen LogP contribution in [0.5, 0.6) is 5.75 Å². The fourth-order valence-corrected chi connectivity index (χ4v) is 3.61. The van der Waals surface area contributed by atoms with Crippen molar-refractivity contribution < 1.29 is 19.1 Å². The Morgan fingerprint density at radius 2 is 1.86 bits per heavy atom. The molecular weight excluding hydrogens is 376 g/mol. The van der Waals surface area contributed by atoms with Crippen LogP contribution in [0, 0.1) is 6.92 Å². The lowest BCUT2D eigenvalue weighted by Crippen LogP contribution is -2.23. The third kappa shape index (κ3) is 4.09. The van der Waals surface area contributed by atoms with E-state index >= 15 is 0 Å². The van der Waals surface area contributed by atoms with E-state index in [9.17, 15) is 9.59 Å². The van der Waals surface area contributed by atoms with Gasteiger partial charge in [0.2, 0.25) is 0 Å². The molecule has 0 N–H and O–H groups in total. The number of carbonyl (C=O) groups is 2. The number of ether oxygens (including phenoxy) is 2. The largest absolute Gasteiger partial charge is 0.497 e. The van der Waals surface area contributed by atoms with Gasteiger partial charge in [-0.05, 0) is 72.3 Å². The summed E-state index contributed by atoms with van der Waals surface area (Å²) in [7, 11) is 4.65. The van der Waals surface area contributed by atoms with Crippen LogP contribution in [0.25, 0.3) is 6.08 Å². The number of esters is 1. The molecule has 1 amide bonds. The molecule has 2 aromatic carbocycles. The SMILES string of the molecule is COC(=O)c1ccc(N=C2S/C(=C/c3ccc(OC)cc3C)C(=O)N2C)cc1. The molecule has 144 valence electrons. The molecule has 1 aliphatic heterocycles. The molecule has 0 bridgehead atoms. The molecule has 1 aliphatic rings. The third-order valence-corrected chi connectivity index (χ3v) is 5.34. The van der Waals surface area contributed by atoms with Crippen LogP contribution in [-0.2, 0) is 9.53 Å². The number of aryl methyl sites for hydroxylation is 1. The maximum atomic E-state index is 12.6. The Hall–Kier alpha value is -3.06. The summed E-state index contributed by atoms with van der Waals surface area (Å²) in [4.78, 5) is 30.8. The number of rotatable bonds is 4. The molecule has 1 fully saturated rings. The highest BCUT2D eigenvalue weighted by atomic mass is 32.2. The van der Waals surface area contributed by atoms with Crippen molar-refractivity contribution in [2.24, 2.45) is 4.99 Å². The standard InChI is InChI=1S/C21H20N2O4S/c1-13-11-17(26-3)10-7-15(13)12-18-19(24)23(2)21(28-18)22-16-8-5-14(6-9-16)20(25)27-4/h5-12H,1-4H3/b18-12+,22-21?. The maximum absolute atomic E-state index is 12.6. The number of methoxy groups -OCH3 is 2. The Labute approximate surface area is 167 Å². The van der Waals surface area contributed by atoms with Crippen LogP contribution < -0.4 is 4.74 Å². The number of amidine groups is 1. The molecule has 1 heterocycles. The van der Waals surface area contributed by atoms with Crippen molar-refractivity contribution in [1.82, 2.24) is 4.90 Å². The van der Waals surface area contributed by atoms with Crippen molar-refractivity contribution in [3.63, 3.8) is 0 Å². The highest BCUT2D eigenvalue weighted by molar-refractivity contribution is 8.18. The zero-order chi connectivity index (χ0) is 20.3. The van der Waals surface area contributed by atoms with Gasteiger partial charge in [0.1, 0.15) is 5.75 Å². The summed E-state index contributed by atoms with van der Waals surface area (Å²) in [6.45, 7) is 1.97. The molecule has 7 heteroatoms. The van der Waals surface area contributed by atoms with E-state index in [1.54, 1.807) is 38.4 Å². The van der Waals surface area contributed by atoms with Gasteiger partial charge in [-0.1, -0.05) is 6.07 Å². The highest BCUT2D eigenvalue weighted by Crippen LogP contribution is 2.34. The predicted octanol–water partition coefficient (Wildman–Crippen LogP) is 4.02. The van der Waals surface area contributed by atoms with Crippen LogP contribution in [0.4, 0.5) is 5.69 Å². The van der Waals surface area contributed by atoms with Crippen molar-refractivity contribution >= 4 is 40.6 Å². The normalized spacial score (nSPS) is 16.7. The van der Waals surface area contributed by atoms with Crippen LogP contribution in [0.15, 0.2) is 52.4 Å². The van der Waals surface area contributed by atoms with Crippen LogP contribution in [-0.4, -0.2) is 43.2 Å². The number of amides is 1. The summed E-state index contributed by atoms with van der Waals surface area (Å²) in [5, 5.41) is 0.577. The van der Waals surface area contributed by atoms with Gasteiger partial charge in [-0.3, -0.25) is 9.69 Å². The summed E-state index contributed by atoms with van der Waals surface area (Å²) < 4.78 is 9.91. The third-order valence-electron chi connectivity index (χ3n) is 4.28. The van der Waals surface area contributed by atoms with Crippen molar-refractivity contribution in [2.75, 3.05) is 21.3 Å². The molecule has 0 atom stereocenters. The highest BCUT2D eigenvalue weighted by Gasteiger charge is 2.30. The molecule has 0 radical (unpaired) electrons. The average Bonchev–Trinajstić information content (AvgIpc) is 2.97. The Balaban J connectivity index is 1.85. The van der Waals surface area contributed by atoms with Gasteiger partial charge >= 0.3 is 5.97 Å². The van der Waals surface area contributed by atoms with Crippen molar-refractivity contribution in [1.29, 1.82) is 0 Å². The summed E-state index contributed by atoms with van der Waals surface area (Å²) in [6, 6.07) is 12.4. The Morgan fingerprint density at radius 1 is 1.14 bits per heavy atom. The second-order valence-electron chi connectivity index (χ2n) is 6.13. The monoisotopic (exact) mass is 396 g/mol. The number of carbonyl (C=O) groups excluding carboxylic acids is 2. The fraction of sp³-hybridized carbons (Fsp3) is 0.190. The Bertz CT molecular complexity index is 980. The molecule has 0 aliphatic carbocycles. The maximum Gasteiger partial charge on any atom is 0.337 e. The fourth-order valence-electron chi connectivity index (χ4n) is 2.63.